The summed E-state index contributed by atoms with van der Waals surface area (Å²) in [6, 6.07) is 15.1. The maximum Gasteiger partial charge on any atom is 0.241 e. The van der Waals surface area contributed by atoms with Gasteiger partial charge in [-0.2, -0.15) is 0 Å². The van der Waals surface area contributed by atoms with E-state index in [1.54, 1.807) is 35.6 Å². The fraction of sp³-hybridized carbons (Fsp3) is 0.318. The van der Waals surface area contributed by atoms with Crippen LogP contribution in [0.4, 0.5) is 5.69 Å². The van der Waals surface area contributed by atoms with Crippen molar-refractivity contribution in [1.82, 2.24) is 9.88 Å². The van der Waals surface area contributed by atoms with Crippen LogP contribution in [0.2, 0.25) is 0 Å². The Bertz CT molecular complexity index is 979. The Morgan fingerprint density at radius 2 is 1.93 bits per heavy atom. The van der Waals surface area contributed by atoms with E-state index in [1.165, 1.54) is 11.6 Å². The van der Waals surface area contributed by atoms with Crippen molar-refractivity contribution >= 4 is 38.9 Å². The molecule has 2 atom stereocenters. The van der Waals surface area contributed by atoms with Crippen molar-refractivity contribution in [2.45, 2.75) is 38.8 Å². The normalized spacial score (nSPS) is 18.3. The van der Waals surface area contributed by atoms with Crippen molar-refractivity contribution in [1.29, 1.82) is 0 Å². The Morgan fingerprint density at radius 1 is 1.18 bits per heavy atom. The summed E-state index contributed by atoms with van der Waals surface area (Å²) in [6.07, 6.45) is 2.08. The average molecular weight is 394 g/mol. The van der Waals surface area contributed by atoms with Gasteiger partial charge in [-0.1, -0.05) is 12.1 Å². The second kappa shape index (κ2) is 7.81. The third kappa shape index (κ3) is 3.70. The molecule has 1 fully saturated rings. The van der Waals surface area contributed by atoms with E-state index in [4.69, 9.17) is 4.98 Å². The van der Waals surface area contributed by atoms with Crippen LogP contribution in [0.25, 0.3) is 10.2 Å². The fourth-order valence-corrected chi connectivity index (χ4v) is 4.86. The van der Waals surface area contributed by atoms with E-state index in [0.29, 0.717) is 11.3 Å². The van der Waals surface area contributed by atoms with Crippen LogP contribution in [-0.4, -0.2) is 34.2 Å². The first-order chi connectivity index (χ1) is 13.5. The molecule has 1 saturated heterocycles. The maximum atomic E-state index is 12.8. The van der Waals surface area contributed by atoms with Gasteiger partial charge >= 0.3 is 0 Å². The molecule has 2 aromatic carbocycles. The zero-order valence-electron chi connectivity index (χ0n) is 16.0. The molecule has 2 heterocycles. The van der Waals surface area contributed by atoms with Gasteiger partial charge in [-0.15, -0.1) is 11.3 Å². The van der Waals surface area contributed by atoms with Crippen molar-refractivity contribution in [2.24, 2.45) is 0 Å². The highest BCUT2D eigenvalue weighted by molar-refractivity contribution is 7.18. The number of carbonyl (C=O) groups excluding carboxylic acids is 2. The van der Waals surface area contributed by atoms with Crippen molar-refractivity contribution in [3.63, 3.8) is 0 Å². The summed E-state index contributed by atoms with van der Waals surface area (Å²) in [6.45, 7) is 4.37. The number of Topliss-reactive ketones (excluding diaryl/α,β-unsaturated/α-hetero) is 1. The lowest BCUT2D eigenvalue weighted by Gasteiger charge is -2.28. The summed E-state index contributed by atoms with van der Waals surface area (Å²) in [5.41, 5.74) is 2.37. The monoisotopic (exact) mass is 393 g/mol. The number of ketones is 1. The van der Waals surface area contributed by atoms with Crippen LogP contribution in [0, 0.1) is 0 Å². The summed E-state index contributed by atoms with van der Waals surface area (Å²) in [4.78, 5) is 31.3. The molecular formula is C22H23N3O2S. The van der Waals surface area contributed by atoms with Crippen molar-refractivity contribution < 1.29 is 9.59 Å². The molecule has 1 N–H and O–H groups in total. The maximum absolute atomic E-state index is 12.8. The number of hydrogen-bond donors (Lipinski definition) is 1. The van der Waals surface area contributed by atoms with Crippen LogP contribution in [0.3, 0.4) is 0 Å². The molecule has 1 amide bonds. The van der Waals surface area contributed by atoms with Crippen LogP contribution in [0.1, 0.15) is 48.1 Å². The van der Waals surface area contributed by atoms with E-state index in [0.717, 1.165) is 29.9 Å². The molecule has 0 saturated carbocycles. The topological polar surface area (TPSA) is 62.3 Å². The van der Waals surface area contributed by atoms with Crippen LogP contribution in [-0.2, 0) is 4.79 Å². The van der Waals surface area contributed by atoms with Crippen molar-refractivity contribution in [3.05, 3.63) is 59.1 Å². The molecule has 144 valence electrons. The lowest BCUT2D eigenvalue weighted by molar-refractivity contribution is -0.121. The number of carbonyl (C=O) groups is 2. The van der Waals surface area contributed by atoms with Crippen LogP contribution < -0.4 is 5.32 Å². The number of rotatable bonds is 5. The number of para-hydroxylation sites is 1. The second-order valence-corrected chi connectivity index (χ2v) is 8.28. The number of nitrogens with zero attached hydrogens (tertiary/aromatic N) is 2. The minimum atomic E-state index is -0.257. The Hall–Kier alpha value is -2.57. The SMILES string of the molecule is CC(=O)c1ccc(NC(=O)C(C)N2CCCC2c2nc3ccccc3s2)cc1. The van der Waals surface area contributed by atoms with Crippen LogP contribution in [0.15, 0.2) is 48.5 Å². The van der Waals surface area contributed by atoms with Crippen LogP contribution >= 0.6 is 11.3 Å². The first kappa shape index (κ1) is 18.8. The summed E-state index contributed by atoms with van der Waals surface area (Å²) >= 11 is 1.72. The van der Waals surface area contributed by atoms with Gasteiger partial charge in [0.2, 0.25) is 5.91 Å². The van der Waals surface area contributed by atoms with Gasteiger partial charge in [-0.3, -0.25) is 14.5 Å². The Balaban J connectivity index is 1.48. The number of amides is 1. The molecular weight excluding hydrogens is 370 g/mol. The largest absolute Gasteiger partial charge is 0.325 e. The zero-order chi connectivity index (χ0) is 19.7. The van der Waals surface area contributed by atoms with Gasteiger partial charge in [0.1, 0.15) is 5.01 Å². The molecule has 2 unspecified atom stereocenters. The molecule has 1 aliphatic heterocycles. The highest BCUT2D eigenvalue weighted by Gasteiger charge is 2.34. The molecule has 3 aromatic rings. The van der Waals surface area contributed by atoms with E-state index in [-0.39, 0.29) is 23.8 Å². The van der Waals surface area contributed by atoms with E-state index >= 15 is 0 Å². The Labute approximate surface area is 168 Å². The standard InChI is InChI=1S/C22H23N3O2S/c1-14(21(27)23-17-11-9-16(10-12-17)15(2)26)25-13-5-7-19(25)22-24-18-6-3-4-8-20(18)28-22/h3-4,6,8-12,14,19H,5,7,13H2,1-2H3,(H,23,27). The van der Waals surface area contributed by atoms with Gasteiger partial charge in [0.15, 0.2) is 5.78 Å². The summed E-state index contributed by atoms with van der Waals surface area (Å²) in [7, 11) is 0. The number of benzene rings is 2. The second-order valence-electron chi connectivity index (χ2n) is 7.21. The Kier molecular flexibility index (Phi) is 5.24. The minimum absolute atomic E-state index is 0.0157. The fourth-order valence-electron chi connectivity index (χ4n) is 3.74. The number of nitrogens with one attached hydrogen (secondary N) is 1. The quantitative estimate of drug-likeness (QED) is 0.640. The number of aromatic nitrogens is 1. The van der Waals surface area contributed by atoms with Crippen molar-refractivity contribution in [3.8, 4) is 0 Å². The van der Waals surface area contributed by atoms with Crippen LogP contribution in [0.5, 0.6) is 0 Å². The molecule has 5 nitrogen and oxygen atoms in total. The minimum Gasteiger partial charge on any atom is -0.325 e. The lowest BCUT2D eigenvalue weighted by Crippen LogP contribution is -2.41. The number of likely N-dealkylation sites (tertiary alicyclic amines) is 1. The highest BCUT2D eigenvalue weighted by atomic mass is 32.1. The van der Waals surface area contributed by atoms with E-state index < -0.39 is 0 Å². The smallest absolute Gasteiger partial charge is 0.241 e. The van der Waals surface area contributed by atoms with Gasteiger partial charge < -0.3 is 5.32 Å². The first-order valence-corrected chi connectivity index (χ1v) is 10.4. The Morgan fingerprint density at radius 3 is 2.64 bits per heavy atom. The molecule has 6 heteroatoms. The van der Waals surface area contributed by atoms with Crippen molar-refractivity contribution in [2.75, 3.05) is 11.9 Å². The third-order valence-corrected chi connectivity index (χ3v) is 6.46. The van der Waals surface area contributed by atoms with Gasteiger partial charge in [-0.25, -0.2) is 4.98 Å². The predicted molar refractivity (Wildman–Crippen MR) is 113 cm³/mol. The molecule has 0 bridgehead atoms. The third-order valence-electron chi connectivity index (χ3n) is 5.33. The summed E-state index contributed by atoms with van der Waals surface area (Å²) < 4.78 is 1.19. The number of fused-ring (bicyclic) bond motifs is 1. The number of hydrogen-bond acceptors (Lipinski definition) is 5. The summed E-state index contributed by atoms with van der Waals surface area (Å²) in [5, 5.41) is 4.06. The summed E-state index contributed by atoms with van der Waals surface area (Å²) in [5.74, 6) is -0.0226. The van der Waals surface area contributed by atoms with E-state index in [1.807, 2.05) is 25.1 Å². The van der Waals surface area contributed by atoms with Gasteiger partial charge in [0, 0.05) is 11.3 Å². The van der Waals surface area contributed by atoms with Gasteiger partial charge in [0.25, 0.3) is 0 Å². The van der Waals surface area contributed by atoms with E-state index in [9.17, 15) is 9.59 Å². The number of thiazole rings is 1. The highest BCUT2D eigenvalue weighted by Crippen LogP contribution is 2.37. The lowest BCUT2D eigenvalue weighted by atomic mass is 10.1. The zero-order valence-corrected chi connectivity index (χ0v) is 16.8. The molecule has 0 aliphatic carbocycles. The molecule has 0 radical (unpaired) electrons. The molecule has 1 aliphatic rings. The van der Waals surface area contributed by atoms with E-state index in [2.05, 4.69) is 16.3 Å². The first-order valence-electron chi connectivity index (χ1n) is 9.56. The number of anilines is 1. The molecule has 1 aromatic heterocycles. The molecule has 28 heavy (non-hydrogen) atoms. The van der Waals surface area contributed by atoms with Gasteiger partial charge in [0.05, 0.1) is 22.3 Å². The average Bonchev–Trinajstić information content (AvgIpc) is 3.34. The van der Waals surface area contributed by atoms with Gasteiger partial charge in [-0.05, 0) is 69.6 Å². The predicted octanol–water partition coefficient (Wildman–Crippen LogP) is 4.66. The molecule has 0 spiro atoms. The molecule has 4 rings (SSSR count).